The molecule has 1 aromatic heterocycles. The molecule has 0 spiro atoms. The van der Waals surface area contributed by atoms with Gasteiger partial charge in [-0.2, -0.15) is 0 Å². The number of aryl methyl sites for hydroxylation is 1. The molecule has 2 saturated heterocycles. The molecule has 1 unspecified atom stereocenters. The molecule has 3 aromatic rings. The van der Waals surface area contributed by atoms with Crippen LogP contribution in [0.1, 0.15) is 65.7 Å². The van der Waals surface area contributed by atoms with E-state index in [9.17, 15) is 19.1 Å². The molecule has 0 aliphatic carbocycles. The van der Waals surface area contributed by atoms with Gasteiger partial charge in [-0.15, -0.1) is 0 Å². The second kappa shape index (κ2) is 12.6. The van der Waals surface area contributed by atoms with Gasteiger partial charge in [0.25, 0.3) is 5.91 Å². The topological polar surface area (TPSA) is 114 Å². The molecule has 9 nitrogen and oxygen atoms in total. The van der Waals surface area contributed by atoms with E-state index in [1.54, 1.807) is 18.2 Å². The largest absolute Gasteiger partial charge is 0.465 e. The molecule has 0 saturated carbocycles. The van der Waals surface area contributed by atoms with Crippen LogP contribution < -0.4 is 5.32 Å². The number of piperidine rings is 1. The third-order valence-corrected chi connectivity index (χ3v) is 7.66. The minimum Gasteiger partial charge on any atom is -0.465 e. The van der Waals surface area contributed by atoms with Gasteiger partial charge in [-0.3, -0.25) is 4.79 Å². The highest BCUT2D eigenvalue weighted by Gasteiger charge is 2.25. The Morgan fingerprint density at radius 2 is 1.90 bits per heavy atom. The zero-order chi connectivity index (χ0) is 27.2. The first-order valence-electron chi connectivity index (χ1n) is 13.6. The lowest BCUT2D eigenvalue weighted by molar-refractivity contribution is -0.168. The molecule has 2 fully saturated rings. The van der Waals surface area contributed by atoms with E-state index in [0.29, 0.717) is 48.7 Å². The van der Waals surface area contributed by atoms with Crippen molar-refractivity contribution < 1.29 is 33.1 Å². The van der Waals surface area contributed by atoms with Gasteiger partial charge in [-0.05, 0) is 80.7 Å². The molecule has 5 rings (SSSR count). The summed E-state index contributed by atoms with van der Waals surface area (Å²) in [5, 5.41) is 17.3. The SMILES string of the molecule is O=C(NCc1ccc(F)cc1)c1ccc2c(CCC3CCN(C(=O)O)CC3)noc2c1COC1CCCCO1. The van der Waals surface area contributed by atoms with Crippen molar-refractivity contribution in [3.63, 3.8) is 0 Å². The van der Waals surface area contributed by atoms with E-state index < -0.39 is 6.09 Å². The Labute approximate surface area is 226 Å². The lowest BCUT2D eigenvalue weighted by Gasteiger charge is -2.29. The Morgan fingerprint density at radius 1 is 1.10 bits per heavy atom. The number of carbonyl (C=O) groups is 2. The molecule has 208 valence electrons. The van der Waals surface area contributed by atoms with Gasteiger partial charge in [0.05, 0.1) is 12.3 Å². The number of carboxylic acid groups (broad SMARTS) is 1. The summed E-state index contributed by atoms with van der Waals surface area (Å²) in [5.74, 6) is -0.186. The van der Waals surface area contributed by atoms with Crippen LogP contribution in [0, 0.1) is 11.7 Å². The molecule has 3 heterocycles. The monoisotopic (exact) mass is 539 g/mol. The fourth-order valence-electron chi connectivity index (χ4n) is 5.30. The van der Waals surface area contributed by atoms with Gasteiger partial charge in [0.2, 0.25) is 0 Å². The highest BCUT2D eigenvalue weighted by molar-refractivity contribution is 6.00. The molecular formula is C29H34FN3O6. The molecule has 0 bridgehead atoms. The zero-order valence-electron chi connectivity index (χ0n) is 21.9. The maximum atomic E-state index is 13.2. The number of rotatable bonds is 9. The minimum absolute atomic E-state index is 0.142. The van der Waals surface area contributed by atoms with Crippen LogP contribution in [0.15, 0.2) is 40.9 Å². The summed E-state index contributed by atoms with van der Waals surface area (Å²) < 4.78 is 30.8. The zero-order valence-corrected chi connectivity index (χ0v) is 21.9. The number of benzene rings is 2. The number of likely N-dealkylation sites (tertiary alicyclic amines) is 1. The molecule has 2 N–H and O–H groups in total. The van der Waals surface area contributed by atoms with E-state index in [0.717, 1.165) is 55.2 Å². The Hall–Kier alpha value is -3.50. The number of hydrogen-bond acceptors (Lipinski definition) is 6. The molecular weight excluding hydrogens is 505 g/mol. The van der Waals surface area contributed by atoms with Gasteiger partial charge in [0.15, 0.2) is 11.9 Å². The van der Waals surface area contributed by atoms with Crippen LogP contribution in [0.4, 0.5) is 9.18 Å². The van der Waals surface area contributed by atoms with Crippen LogP contribution in [0.25, 0.3) is 11.0 Å². The lowest BCUT2D eigenvalue weighted by atomic mass is 9.91. The number of amides is 2. The summed E-state index contributed by atoms with van der Waals surface area (Å²) in [6.07, 6.45) is 4.89. The van der Waals surface area contributed by atoms with Gasteiger partial charge < -0.3 is 29.3 Å². The van der Waals surface area contributed by atoms with Crippen LogP contribution >= 0.6 is 0 Å². The van der Waals surface area contributed by atoms with Crippen molar-refractivity contribution in [1.82, 2.24) is 15.4 Å². The number of aromatic nitrogens is 1. The van der Waals surface area contributed by atoms with Gasteiger partial charge in [0.1, 0.15) is 5.82 Å². The smallest absolute Gasteiger partial charge is 0.407 e. The van der Waals surface area contributed by atoms with Crippen LogP contribution in [0.5, 0.6) is 0 Å². The Kier molecular flexibility index (Phi) is 8.73. The van der Waals surface area contributed by atoms with Crippen LogP contribution in [0.2, 0.25) is 0 Å². The summed E-state index contributed by atoms with van der Waals surface area (Å²) in [6, 6.07) is 9.64. The highest BCUT2D eigenvalue weighted by Crippen LogP contribution is 2.30. The van der Waals surface area contributed by atoms with E-state index in [1.807, 2.05) is 6.07 Å². The van der Waals surface area contributed by atoms with Gasteiger partial charge >= 0.3 is 6.09 Å². The van der Waals surface area contributed by atoms with E-state index in [1.165, 1.54) is 17.0 Å². The maximum absolute atomic E-state index is 13.2. The number of carbonyl (C=O) groups excluding carboxylic acids is 1. The van der Waals surface area contributed by atoms with Crippen molar-refractivity contribution in [2.24, 2.45) is 5.92 Å². The molecule has 2 aliphatic rings. The molecule has 2 aliphatic heterocycles. The fourth-order valence-corrected chi connectivity index (χ4v) is 5.30. The first kappa shape index (κ1) is 27.1. The average Bonchev–Trinajstić information content (AvgIpc) is 3.38. The second-order valence-corrected chi connectivity index (χ2v) is 10.3. The predicted molar refractivity (Wildman–Crippen MR) is 141 cm³/mol. The lowest BCUT2D eigenvalue weighted by Crippen LogP contribution is -2.37. The molecule has 39 heavy (non-hydrogen) atoms. The Morgan fingerprint density at radius 3 is 2.62 bits per heavy atom. The van der Waals surface area contributed by atoms with Crippen molar-refractivity contribution in [2.75, 3.05) is 19.7 Å². The normalized spacial score (nSPS) is 18.4. The number of nitrogens with one attached hydrogen (secondary N) is 1. The summed E-state index contributed by atoms with van der Waals surface area (Å²) in [6.45, 7) is 2.16. The summed E-state index contributed by atoms with van der Waals surface area (Å²) >= 11 is 0. The molecule has 10 heteroatoms. The first-order valence-corrected chi connectivity index (χ1v) is 13.6. The third kappa shape index (κ3) is 6.75. The van der Waals surface area contributed by atoms with Crippen molar-refractivity contribution in [3.05, 3.63) is 64.6 Å². The predicted octanol–water partition coefficient (Wildman–Crippen LogP) is 5.26. The maximum Gasteiger partial charge on any atom is 0.407 e. The standard InChI is InChI=1S/C29H34FN3O6/c30-21-7-4-20(5-8-21)17-31-28(34)22-9-10-23-25(11-6-19-12-14-33(15-13-19)29(35)36)32-39-27(23)24(22)18-38-26-3-1-2-16-37-26/h4-5,7-10,19,26H,1-3,6,11-18H2,(H,31,34)(H,35,36). The number of fused-ring (bicyclic) bond motifs is 1. The fraction of sp³-hybridized carbons (Fsp3) is 0.483. The number of halogens is 1. The highest BCUT2D eigenvalue weighted by atomic mass is 19.1. The molecule has 1 atom stereocenters. The molecule has 2 amide bonds. The third-order valence-electron chi connectivity index (χ3n) is 7.66. The number of ether oxygens (including phenoxy) is 2. The van der Waals surface area contributed by atoms with Crippen LogP contribution in [-0.2, 0) is 29.0 Å². The molecule has 0 radical (unpaired) electrons. The Balaban J connectivity index is 1.31. The number of nitrogens with zero attached hydrogens (tertiary/aromatic N) is 2. The van der Waals surface area contributed by atoms with E-state index in [4.69, 9.17) is 14.0 Å². The van der Waals surface area contributed by atoms with E-state index >= 15 is 0 Å². The summed E-state index contributed by atoms with van der Waals surface area (Å²) in [7, 11) is 0. The molecule has 2 aromatic carbocycles. The van der Waals surface area contributed by atoms with Crippen LogP contribution in [-0.4, -0.2) is 53.1 Å². The van der Waals surface area contributed by atoms with Crippen molar-refractivity contribution in [3.8, 4) is 0 Å². The quantitative estimate of drug-likeness (QED) is 0.381. The minimum atomic E-state index is -0.859. The average molecular weight is 540 g/mol. The number of hydrogen-bond donors (Lipinski definition) is 2. The second-order valence-electron chi connectivity index (χ2n) is 10.3. The van der Waals surface area contributed by atoms with Gasteiger partial charge in [-0.1, -0.05) is 17.3 Å². The van der Waals surface area contributed by atoms with Crippen molar-refractivity contribution in [2.45, 2.75) is 64.4 Å². The van der Waals surface area contributed by atoms with Gasteiger partial charge in [0, 0.05) is 42.8 Å². The van der Waals surface area contributed by atoms with E-state index in [2.05, 4.69) is 10.5 Å². The van der Waals surface area contributed by atoms with Gasteiger partial charge in [-0.25, -0.2) is 9.18 Å². The van der Waals surface area contributed by atoms with Crippen LogP contribution in [0.3, 0.4) is 0 Å². The summed E-state index contributed by atoms with van der Waals surface area (Å²) in [5.41, 5.74) is 3.18. The van der Waals surface area contributed by atoms with Crippen molar-refractivity contribution in [1.29, 1.82) is 0 Å². The Bertz CT molecular complexity index is 1280. The summed E-state index contributed by atoms with van der Waals surface area (Å²) in [4.78, 5) is 25.9. The van der Waals surface area contributed by atoms with E-state index in [-0.39, 0.29) is 31.2 Å². The van der Waals surface area contributed by atoms with Crippen molar-refractivity contribution >= 4 is 23.0 Å². The first-order chi connectivity index (χ1) is 19.0.